The Morgan fingerprint density at radius 1 is 1.17 bits per heavy atom. The molecule has 0 radical (unpaired) electrons. The number of rotatable bonds is 0. The molecule has 4 nitrogen and oxygen atoms in total. The van der Waals surface area contributed by atoms with Gasteiger partial charge in [0.2, 0.25) is 0 Å². The van der Waals surface area contributed by atoms with Crippen molar-refractivity contribution in [1.82, 2.24) is 0 Å². The van der Waals surface area contributed by atoms with Gasteiger partial charge in [0.15, 0.2) is 5.78 Å². The van der Waals surface area contributed by atoms with Gasteiger partial charge in [0.1, 0.15) is 5.78 Å². The second-order valence-corrected chi connectivity index (χ2v) is 8.38. The zero-order chi connectivity index (χ0) is 16.7. The first kappa shape index (κ1) is 15.3. The van der Waals surface area contributed by atoms with E-state index in [0.717, 1.165) is 18.4 Å². The van der Waals surface area contributed by atoms with Gasteiger partial charge in [-0.2, -0.15) is 0 Å². The highest BCUT2D eigenvalue weighted by Crippen LogP contribution is 2.60. The fourth-order valence-corrected chi connectivity index (χ4v) is 5.73. The number of hydrogen-bond acceptors (Lipinski definition) is 4. The molecule has 5 atom stereocenters. The van der Waals surface area contributed by atoms with E-state index in [1.54, 1.807) is 13.8 Å². The molecule has 4 rings (SSSR count). The van der Waals surface area contributed by atoms with Crippen molar-refractivity contribution in [3.8, 4) is 0 Å². The second kappa shape index (κ2) is 4.42. The standard InChI is InChI=1S/C19H24O4/c1-9-7-19-8-13(20)15-11(6-14(21)18(15,2)3)16(22)12(19)5-4-10(9)17(19)23/h7,10,12-13,17,20,23H,4-6,8H2,1-3H3/t10-,12-,13+,17+,19+/m0/s1. The monoisotopic (exact) mass is 316 g/mol. The lowest BCUT2D eigenvalue weighted by atomic mass is 9.61. The average Bonchev–Trinajstić information content (AvgIpc) is 2.72. The SMILES string of the molecule is CC1=C[C@@]23C[C@@H](O)C4=C(CC(=O)C4(C)C)C(=O)[C@@H]2CC[C@@H]1[C@H]3O. The van der Waals surface area contributed by atoms with Gasteiger partial charge in [0.05, 0.1) is 12.2 Å². The lowest BCUT2D eigenvalue weighted by molar-refractivity contribution is -0.132. The third-order valence-electron chi connectivity index (χ3n) is 6.96. The Balaban J connectivity index is 1.87. The van der Waals surface area contributed by atoms with Crippen LogP contribution in [0.1, 0.15) is 46.5 Å². The van der Waals surface area contributed by atoms with Crippen LogP contribution in [0, 0.1) is 22.7 Å². The number of carbonyl (C=O) groups excluding carboxylic acids is 2. The van der Waals surface area contributed by atoms with Crippen LogP contribution in [-0.2, 0) is 9.59 Å². The predicted molar refractivity (Wildman–Crippen MR) is 84.5 cm³/mol. The highest BCUT2D eigenvalue weighted by atomic mass is 16.3. The zero-order valence-corrected chi connectivity index (χ0v) is 13.9. The first-order valence-corrected chi connectivity index (χ1v) is 8.56. The third-order valence-corrected chi connectivity index (χ3v) is 6.96. The van der Waals surface area contributed by atoms with E-state index in [1.165, 1.54) is 0 Å². The van der Waals surface area contributed by atoms with Crippen molar-refractivity contribution in [2.45, 2.75) is 58.7 Å². The fraction of sp³-hybridized carbons (Fsp3) is 0.684. The van der Waals surface area contributed by atoms with Crippen LogP contribution >= 0.6 is 0 Å². The van der Waals surface area contributed by atoms with Gasteiger partial charge in [-0.15, -0.1) is 0 Å². The van der Waals surface area contributed by atoms with Crippen molar-refractivity contribution in [3.63, 3.8) is 0 Å². The molecule has 0 aromatic carbocycles. The fourth-order valence-electron chi connectivity index (χ4n) is 5.73. The minimum absolute atomic E-state index is 0.0122. The summed E-state index contributed by atoms with van der Waals surface area (Å²) in [6.45, 7) is 5.62. The number of fused-ring (bicyclic) bond motifs is 1. The van der Waals surface area contributed by atoms with Gasteiger partial charge in [0, 0.05) is 34.7 Å². The van der Waals surface area contributed by atoms with Gasteiger partial charge in [-0.3, -0.25) is 9.59 Å². The van der Waals surface area contributed by atoms with Crippen molar-refractivity contribution in [3.05, 3.63) is 22.8 Å². The number of allylic oxidation sites excluding steroid dienone is 1. The van der Waals surface area contributed by atoms with E-state index in [2.05, 4.69) is 6.08 Å². The van der Waals surface area contributed by atoms with Crippen molar-refractivity contribution < 1.29 is 19.8 Å². The second-order valence-electron chi connectivity index (χ2n) is 8.38. The summed E-state index contributed by atoms with van der Waals surface area (Å²) in [5.74, 6) is -0.207. The molecule has 124 valence electrons. The van der Waals surface area contributed by atoms with Crippen LogP contribution in [0.2, 0.25) is 0 Å². The molecule has 0 amide bonds. The minimum atomic E-state index is -0.837. The number of aliphatic hydroxyl groups excluding tert-OH is 2. The third kappa shape index (κ3) is 1.69. The van der Waals surface area contributed by atoms with Gasteiger partial charge < -0.3 is 10.2 Å². The molecule has 23 heavy (non-hydrogen) atoms. The summed E-state index contributed by atoms with van der Waals surface area (Å²) < 4.78 is 0. The summed E-state index contributed by atoms with van der Waals surface area (Å²) in [6.07, 6.45) is 2.62. The molecule has 2 N–H and O–H groups in total. The summed E-state index contributed by atoms with van der Waals surface area (Å²) in [5.41, 5.74) is 0.830. The van der Waals surface area contributed by atoms with Gasteiger partial charge in [-0.1, -0.05) is 11.6 Å². The summed E-state index contributed by atoms with van der Waals surface area (Å²) in [7, 11) is 0. The lowest BCUT2D eigenvalue weighted by Crippen LogP contribution is -2.48. The van der Waals surface area contributed by atoms with Crippen LogP contribution in [0.15, 0.2) is 22.8 Å². The van der Waals surface area contributed by atoms with Crippen molar-refractivity contribution in [2.75, 3.05) is 0 Å². The molecule has 1 fully saturated rings. The molecular weight excluding hydrogens is 292 g/mol. The predicted octanol–water partition coefficient (Wildman–Crippen LogP) is 1.95. The molecule has 0 saturated heterocycles. The maximum absolute atomic E-state index is 13.2. The Morgan fingerprint density at radius 2 is 1.87 bits per heavy atom. The Morgan fingerprint density at radius 3 is 2.57 bits per heavy atom. The first-order valence-electron chi connectivity index (χ1n) is 8.56. The summed E-state index contributed by atoms with van der Waals surface area (Å²) in [5, 5.41) is 21.8. The normalized spacial score (nSPS) is 44.8. The summed E-state index contributed by atoms with van der Waals surface area (Å²) >= 11 is 0. The van der Waals surface area contributed by atoms with Crippen LogP contribution in [-0.4, -0.2) is 34.0 Å². The van der Waals surface area contributed by atoms with Gasteiger partial charge in [-0.25, -0.2) is 0 Å². The number of carbonyl (C=O) groups is 2. The molecule has 4 aliphatic rings. The Hall–Kier alpha value is -1.26. The van der Waals surface area contributed by atoms with E-state index in [0.29, 0.717) is 17.6 Å². The van der Waals surface area contributed by atoms with Gasteiger partial charge >= 0.3 is 0 Å². The zero-order valence-electron chi connectivity index (χ0n) is 13.9. The molecule has 2 bridgehead atoms. The van der Waals surface area contributed by atoms with Crippen LogP contribution in [0.4, 0.5) is 0 Å². The Kier molecular flexibility index (Phi) is 2.94. The molecule has 1 spiro atoms. The van der Waals surface area contributed by atoms with Crippen LogP contribution < -0.4 is 0 Å². The maximum atomic E-state index is 13.2. The lowest BCUT2D eigenvalue weighted by Gasteiger charge is -2.44. The van der Waals surface area contributed by atoms with Gasteiger partial charge in [-0.05, 0) is 45.6 Å². The average molecular weight is 316 g/mol. The number of aliphatic hydroxyl groups is 2. The molecule has 4 heteroatoms. The molecule has 0 heterocycles. The molecule has 0 aromatic heterocycles. The van der Waals surface area contributed by atoms with Crippen LogP contribution in [0.5, 0.6) is 0 Å². The molecule has 1 saturated carbocycles. The first-order chi connectivity index (χ1) is 10.7. The van der Waals surface area contributed by atoms with Crippen molar-refractivity contribution >= 4 is 11.6 Å². The van der Waals surface area contributed by atoms with E-state index >= 15 is 0 Å². The summed E-state index contributed by atoms with van der Waals surface area (Å²) in [6, 6.07) is 0. The van der Waals surface area contributed by atoms with E-state index in [9.17, 15) is 19.8 Å². The number of hydrogen-bond donors (Lipinski definition) is 2. The topological polar surface area (TPSA) is 74.6 Å². The van der Waals surface area contributed by atoms with E-state index in [4.69, 9.17) is 0 Å². The maximum Gasteiger partial charge on any atom is 0.163 e. The van der Waals surface area contributed by atoms with Crippen LogP contribution in [0.25, 0.3) is 0 Å². The minimum Gasteiger partial charge on any atom is -0.392 e. The molecular formula is C19H24O4. The van der Waals surface area contributed by atoms with Gasteiger partial charge in [0.25, 0.3) is 0 Å². The smallest absolute Gasteiger partial charge is 0.163 e. The largest absolute Gasteiger partial charge is 0.392 e. The molecule has 0 aliphatic heterocycles. The number of Topliss-reactive ketones (excluding diaryl/α,β-unsaturated/α-hetero) is 2. The Bertz CT molecular complexity index is 683. The van der Waals surface area contributed by atoms with Crippen molar-refractivity contribution in [1.29, 1.82) is 0 Å². The molecule has 4 aliphatic carbocycles. The highest BCUT2D eigenvalue weighted by molar-refractivity contribution is 6.09. The van der Waals surface area contributed by atoms with E-state index in [1.807, 2.05) is 6.92 Å². The molecule has 0 unspecified atom stereocenters. The van der Waals surface area contributed by atoms with E-state index in [-0.39, 0.29) is 29.8 Å². The quantitative estimate of drug-likeness (QED) is 0.670. The highest BCUT2D eigenvalue weighted by Gasteiger charge is 2.61. The number of ketones is 2. The molecule has 0 aromatic rings. The Labute approximate surface area is 136 Å². The summed E-state index contributed by atoms with van der Waals surface area (Å²) in [4.78, 5) is 25.5. The van der Waals surface area contributed by atoms with Crippen molar-refractivity contribution in [2.24, 2.45) is 22.7 Å². The van der Waals surface area contributed by atoms with Crippen LogP contribution in [0.3, 0.4) is 0 Å². The van der Waals surface area contributed by atoms with E-state index < -0.39 is 23.0 Å².